The third-order valence-electron chi connectivity index (χ3n) is 1.76. The Morgan fingerprint density at radius 3 is 3.23 bits per heavy atom. The second-order valence-electron chi connectivity index (χ2n) is 2.55. The summed E-state index contributed by atoms with van der Waals surface area (Å²) in [6.45, 7) is 2.21. The molecule has 0 fully saturated rings. The minimum atomic E-state index is -0.263. The van der Waals surface area contributed by atoms with Crippen molar-refractivity contribution in [2.75, 3.05) is 6.61 Å². The average Bonchev–Trinajstić information content (AvgIpc) is 2.62. The van der Waals surface area contributed by atoms with Gasteiger partial charge in [-0.15, -0.1) is 11.3 Å². The summed E-state index contributed by atoms with van der Waals surface area (Å²) in [5.41, 5.74) is 0.595. The third kappa shape index (κ3) is 1.33. The van der Waals surface area contributed by atoms with Gasteiger partial charge in [0.15, 0.2) is 0 Å². The predicted octanol–water partition coefficient (Wildman–Crippen LogP) is 2.18. The maximum Gasteiger partial charge on any atom is 0.355 e. The van der Waals surface area contributed by atoms with Crippen molar-refractivity contribution in [3.63, 3.8) is 0 Å². The molecule has 0 aromatic carbocycles. The molecule has 2 heterocycles. The predicted molar refractivity (Wildman–Crippen MR) is 51.2 cm³/mol. The van der Waals surface area contributed by atoms with E-state index in [4.69, 9.17) is 4.74 Å². The van der Waals surface area contributed by atoms with Gasteiger partial charge in [0.25, 0.3) is 0 Å². The number of nitrogens with zero attached hydrogens (tertiary/aromatic N) is 1. The maximum atomic E-state index is 11.4. The molecule has 0 N–H and O–H groups in total. The summed E-state index contributed by atoms with van der Waals surface area (Å²) in [4.78, 5) is 12.4. The summed E-state index contributed by atoms with van der Waals surface area (Å²) in [5.74, 6) is -0.263. The smallest absolute Gasteiger partial charge is 0.355 e. The van der Waals surface area contributed by atoms with E-state index in [0.29, 0.717) is 12.3 Å². The zero-order valence-electron chi connectivity index (χ0n) is 7.19. The van der Waals surface area contributed by atoms with Crippen LogP contribution in [-0.4, -0.2) is 17.0 Å². The van der Waals surface area contributed by atoms with Gasteiger partial charge in [-0.05, 0) is 19.1 Å². The maximum absolute atomic E-state index is 11.4. The number of esters is 1. The number of thiazole rings is 1. The zero-order valence-corrected chi connectivity index (χ0v) is 8.00. The molecule has 3 nitrogen and oxygen atoms in total. The number of carbonyl (C=O) groups is 1. The summed E-state index contributed by atoms with van der Waals surface area (Å²) < 4.78 is 6.74. The second kappa shape index (κ2) is 3.22. The monoisotopic (exact) mass is 195 g/mol. The molecule has 0 amide bonds. The van der Waals surface area contributed by atoms with E-state index in [0.717, 1.165) is 4.83 Å². The first-order chi connectivity index (χ1) is 6.33. The molecule has 68 valence electrons. The average molecular weight is 195 g/mol. The fraction of sp³-hybridized carbons (Fsp3) is 0.222. The van der Waals surface area contributed by atoms with Crippen LogP contribution >= 0.6 is 11.3 Å². The number of aromatic nitrogens is 1. The molecular formula is C9H9NO2S. The zero-order chi connectivity index (χ0) is 9.26. The highest BCUT2D eigenvalue weighted by atomic mass is 32.1. The summed E-state index contributed by atoms with van der Waals surface area (Å²) >= 11 is 1.60. The summed E-state index contributed by atoms with van der Waals surface area (Å²) in [5, 5.41) is 1.94. The van der Waals surface area contributed by atoms with Crippen molar-refractivity contribution in [1.82, 2.24) is 4.40 Å². The molecule has 0 spiro atoms. The van der Waals surface area contributed by atoms with Gasteiger partial charge in [0.05, 0.1) is 11.4 Å². The Morgan fingerprint density at radius 2 is 2.46 bits per heavy atom. The van der Waals surface area contributed by atoms with E-state index in [1.54, 1.807) is 24.3 Å². The van der Waals surface area contributed by atoms with Crippen LogP contribution in [0.5, 0.6) is 0 Å². The van der Waals surface area contributed by atoms with Crippen LogP contribution in [0.25, 0.3) is 4.83 Å². The van der Waals surface area contributed by atoms with E-state index in [1.807, 2.05) is 22.0 Å². The number of hydrogen-bond acceptors (Lipinski definition) is 3. The van der Waals surface area contributed by atoms with Crippen molar-refractivity contribution < 1.29 is 9.53 Å². The third-order valence-corrected chi connectivity index (χ3v) is 2.60. The Balaban J connectivity index is 2.42. The summed E-state index contributed by atoms with van der Waals surface area (Å²) in [7, 11) is 0. The highest BCUT2D eigenvalue weighted by molar-refractivity contribution is 7.15. The fourth-order valence-electron chi connectivity index (χ4n) is 1.21. The molecule has 0 atom stereocenters. The van der Waals surface area contributed by atoms with Gasteiger partial charge in [-0.3, -0.25) is 0 Å². The molecule has 0 aliphatic rings. The van der Waals surface area contributed by atoms with Crippen molar-refractivity contribution >= 4 is 22.1 Å². The number of fused-ring (bicyclic) bond motifs is 1. The fourth-order valence-corrected chi connectivity index (χ4v) is 1.95. The molecule has 0 aliphatic heterocycles. The molecule has 13 heavy (non-hydrogen) atoms. The van der Waals surface area contributed by atoms with Gasteiger partial charge in [0.2, 0.25) is 0 Å². The van der Waals surface area contributed by atoms with Gasteiger partial charge < -0.3 is 9.14 Å². The lowest BCUT2D eigenvalue weighted by atomic mass is 10.4. The standard InChI is InChI=1S/C9H9NO2S/c1-2-12-9(11)7-3-4-8-10(7)5-6-13-8/h3-6H,2H2,1H3. The Morgan fingerprint density at radius 1 is 1.62 bits per heavy atom. The van der Waals surface area contributed by atoms with Crippen LogP contribution in [0.2, 0.25) is 0 Å². The first-order valence-electron chi connectivity index (χ1n) is 4.04. The first kappa shape index (κ1) is 8.31. The van der Waals surface area contributed by atoms with E-state index in [9.17, 15) is 4.79 Å². The van der Waals surface area contributed by atoms with E-state index in [-0.39, 0.29) is 5.97 Å². The molecular weight excluding hydrogens is 186 g/mol. The molecule has 0 radical (unpaired) electrons. The molecule has 2 aromatic heterocycles. The lowest BCUT2D eigenvalue weighted by Gasteiger charge is -1.99. The molecule has 4 heteroatoms. The Bertz CT molecular complexity index is 429. The molecule has 0 aliphatic carbocycles. The van der Waals surface area contributed by atoms with Crippen LogP contribution < -0.4 is 0 Å². The van der Waals surface area contributed by atoms with E-state index in [1.165, 1.54) is 0 Å². The van der Waals surface area contributed by atoms with Crippen molar-refractivity contribution in [2.45, 2.75) is 6.92 Å². The largest absolute Gasteiger partial charge is 0.461 e. The van der Waals surface area contributed by atoms with Crippen LogP contribution in [0.1, 0.15) is 17.4 Å². The quantitative estimate of drug-likeness (QED) is 0.687. The van der Waals surface area contributed by atoms with Crippen molar-refractivity contribution in [3.8, 4) is 0 Å². The highest BCUT2D eigenvalue weighted by Gasteiger charge is 2.11. The normalized spacial score (nSPS) is 10.5. The SMILES string of the molecule is CCOC(=O)c1ccc2sccn12. The van der Waals surface area contributed by atoms with Crippen molar-refractivity contribution in [1.29, 1.82) is 0 Å². The first-order valence-corrected chi connectivity index (χ1v) is 4.92. The molecule has 2 aromatic rings. The van der Waals surface area contributed by atoms with E-state index in [2.05, 4.69) is 0 Å². The number of ether oxygens (including phenoxy) is 1. The van der Waals surface area contributed by atoms with Gasteiger partial charge in [0.1, 0.15) is 5.69 Å². The van der Waals surface area contributed by atoms with Crippen molar-refractivity contribution in [3.05, 3.63) is 29.4 Å². The van der Waals surface area contributed by atoms with Crippen LogP contribution in [0, 0.1) is 0 Å². The Kier molecular flexibility index (Phi) is 2.06. The van der Waals surface area contributed by atoms with Crippen LogP contribution in [-0.2, 0) is 4.74 Å². The molecule has 0 bridgehead atoms. The minimum absolute atomic E-state index is 0.263. The summed E-state index contributed by atoms with van der Waals surface area (Å²) in [6.07, 6.45) is 1.87. The van der Waals surface area contributed by atoms with Gasteiger partial charge >= 0.3 is 5.97 Å². The number of rotatable bonds is 2. The molecule has 0 unspecified atom stereocenters. The lowest BCUT2D eigenvalue weighted by Crippen LogP contribution is -2.06. The van der Waals surface area contributed by atoms with Crippen LogP contribution in [0.4, 0.5) is 0 Å². The highest BCUT2D eigenvalue weighted by Crippen LogP contribution is 2.16. The topological polar surface area (TPSA) is 30.7 Å². The number of carbonyl (C=O) groups excluding carboxylic acids is 1. The van der Waals surface area contributed by atoms with Gasteiger partial charge in [-0.25, -0.2) is 4.79 Å². The number of hydrogen-bond donors (Lipinski definition) is 0. The van der Waals surface area contributed by atoms with Gasteiger partial charge in [-0.1, -0.05) is 0 Å². The Hall–Kier alpha value is -1.29. The molecule has 0 saturated heterocycles. The van der Waals surface area contributed by atoms with Crippen LogP contribution in [0.3, 0.4) is 0 Å². The van der Waals surface area contributed by atoms with Gasteiger partial charge in [-0.2, -0.15) is 0 Å². The van der Waals surface area contributed by atoms with E-state index >= 15 is 0 Å². The van der Waals surface area contributed by atoms with Crippen LogP contribution in [0.15, 0.2) is 23.7 Å². The lowest BCUT2D eigenvalue weighted by molar-refractivity contribution is 0.0518. The van der Waals surface area contributed by atoms with Crippen molar-refractivity contribution in [2.24, 2.45) is 0 Å². The molecule has 2 rings (SSSR count). The van der Waals surface area contributed by atoms with Gasteiger partial charge in [0, 0.05) is 11.6 Å². The minimum Gasteiger partial charge on any atom is -0.461 e. The Labute approximate surface area is 79.6 Å². The summed E-state index contributed by atoms with van der Waals surface area (Å²) in [6, 6.07) is 3.70. The van der Waals surface area contributed by atoms with E-state index < -0.39 is 0 Å². The second-order valence-corrected chi connectivity index (χ2v) is 3.48. The molecule has 0 saturated carbocycles.